The van der Waals surface area contributed by atoms with Gasteiger partial charge in [0, 0.05) is 24.5 Å². The van der Waals surface area contributed by atoms with E-state index in [1.807, 2.05) is 32.0 Å². The highest BCUT2D eigenvalue weighted by Crippen LogP contribution is 2.27. The number of carbonyl (C=O) groups is 1. The first-order valence-electron chi connectivity index (χ1n) is 6.57. The van der Waals surface area contributed by atoms with Crippen molar-refractivity contribution in [2.45, 2.75) is 19.8 Å². The van der Waals surface area contributed by atoms with Crippen LogP contribution in [0.1, 0.15) is 19.8 Å². The van der Waals surface area contributed by atoms with Crippen molar-refractivity contribution in [2.24, 2.45) is 0 Å². The zero-order valence-corrected chi connectivity index (χ0v) is 12.6. The van der Waals surface area contributed by atoms with Crippen LogP contribution in [0.15, 0.2) is 18.2 Å². The van der Waals surface area contributed by atoms with Crippen LogP contribution in [0.3, 0.4) is 0 Å². The van der Waals surface area contributed by atoms with E-state index in [9.17, 15) is 4.79 Å². The molecule has 0 saturated carbocycles. The Bertz CT molecular complexity index is 622. The van der Waals surface area contributed by atoms with Crippen LogP contribution >= 0.6 is 11.6 Å². The number of carbonyl (C=O) groups excluding carboxylic acids is 1. The summed E-state index contributed by atoms with van der Waals surface area (Å²) in [6.45, 7) is 2.44. The number of rotatable bonds is 4. The molecule has 20 heavy (non-hydrogen) atoms. The zero-order chi connectivity index (χ0) is 14.7. The molecule has 1 heterocycles. The summed E-state index contributed by atoms with van der Waals surface area (Å²) in [5, 5.41) is 5.75. The third kappa shape index (κ3) is 2.88. The Balaban J connectivity index is 2.41. The Morgan fingerprint density at radius 1 is 1.45 bits per heavy atom. The van der Waals surface area contributed by atoms with Crippen molar-refractivity contribution in [1.82, 2.24) is 9.78 Å². The van der Waals surface area contributed by atoms with Gasteiger partial charge in [-0.15, -0.1) is 5.10 Å². The maximum Gasteiger partial charge on any atom is 0.435 e. The van der Waals surface area contributed by atoms with Gasteiger partial charge in [0.05, 0.1) is 12.1 Å². The number of hydrogen-bond donors (Lipinski definition) is 0. The van der Waals surface area contributed by atoms with Crippen LogP contribution in [0.4, 0.5) is 10.6 Å². The fourth-order valence-corrected chi connectivity index (χ4v) is 2.07. The van der Waals surface area contributed by atoms with Gasteiger partial charge in [-0.1, -0.05) is 24.9 Å². The SMILES string of the molecule is CCCCOC(=O)n1nc(N(C)C)c2ccc(Cl)cc21. The van der Waals surface area contributed by atoms with Gasteiger partial charge in [0.1, 0.15) is 0 Å². The number of unbranched alkanes of at least 4 members (excludes halogenated alkanes) is 1. The number of ether oxygens (including phenoxy) is 1. The molecule has 2 aromatic rings. The summed E-state index contributed by atoms with van der Waals surface area (Å²) in [5.41, 5.74) is 0.655. The lowest BCUT2D eigenvalue weighted by Crippen LogP contribution is -2.17. The van der Waals surface area contributed by atoms with Gasteiger partial charge in [-0.2, -0.15) is 4.68 Å². The van der Waals surface area contributed by atoms with Crippen molar-refractivity contribution in [2.75, 3.05) is 25.6 Å². The van der Waals surface area contributed by atoms with E-state index >= 15 is 0 Å². The zero-order valence-electron chi connectivity index (χ0n) is 11.9. The van der Waals surface area contributed by atoms with Crippen LogP contribution in [0.2, 0.25) is 5.02 Å². The average Bonchev–Trinajstić information content (AvgIpc) is 2.77. The number of aromatic nitrogens is 2. The molecule has 0 radical (unpaired) electrons. The molecular weight excluding hydrogens is 278 g/mol. The average molecular weight is 296 g/mol. The van der Waals surface area contributed by atoms with Gasteiger partial charge in [0.15, 0.2) is 5.82 Å². The maximum absolute atomic E-state index is 12.1. The monoisotopic (exact) mass is 295 g/mol. The van der Waals surface area contributed by atoms with Gasteiger partial charge in [-0.25, -0.2) is 4.79 Å². The molecule has 0 aliphatic carbocycles. The Morgan fingerprint density at radius 3 is 2.85 bits per heavy atom. The van der Waals surface area contributed by atoms with E-state index in [2.05, 4.69) is 5.10 Å². The van der Waals surface area contributed by atoms with Gasteiger partial charge < -0.3 is 9.64 Å². The molecule has 0 aliphatic heterocycles. The van der Waals surface area contributed by atoms with Gasteiger partial charge in [-0.3, -0.25) is 0 Å². The van der Waals surface area contributed by atoms with Gasteiger partial charge >= 0.3 is 6.09 Å². The van der Waals surface area contributed by atoms with Crippen molar-refractivity contribution >= 4 is 34.4 Å². The Hall–Kier alpha value is -1.75. The second-order valence-electron chi connectivity index (χ2n) is 4.76. The molecule has 0 atom stereocenters. The summed E-state index contributed by atoms with van der Waals surface area (Å²) in [7, 11) is 3.76. The van der Waals surface area contributed by atoms with E-state index in [1.165, 1.54) is 4.68 Å². The second-order valence-corrected chi connectivity index (χ2v) is 5.20. The van der Waals surface area contributed by atoms with Crippen molar-refractivity contribution < 1.29 is 9.53 Å². The summed E-state index contributed by atoms with van der Waals surface area (Å²) >= 11 is 6.00. The lowest BCUT2D eigenvalue weighted by Gasteiger charge is -2.07. The molecule has 0 unspecified atom stereocenters. The van der Waals surface area contributed by atoms with Crippen molar-refractivity contribution in [1.29, 1.82) is 0 Å². The number of fused-ring (bicyclic) bond motifs is 1. The topological polar surface area (TPSA) is 47.4 Å². The second kappa shape index (κ2) is 6.13. The van der Waals surface area contributed by atoms with E-state index in [1.54, 1.807) is 12.1 Å². The van der Waals surface area contributed by atoms with Crippen LogP contribution in [-0.4, -0.2) is 36.6 Å². The lowest BCUT2D eigenvalue weighted by atomic mass is 10.2. The normalized spacial score (nSPS) is 10.8. The largest absolute Gasteiger partial charge is 0.448 e. The van der Waals surface area contributed by atoms with Crippen molar-refractivity contribution in [3.8, 4) is 0 Å². The summed E-state index contributed by atoms with van der Waals surface area (Å²) in [5.74, 6) is 0.712. The minimum absolute atomic E-state index is 0.397. The first kappa shape index (κ1) is 14.7. The molecule has 6 heteroatoms. The molecule has 5 nitrogen and oxygen atoms in total. The maximum atomic E-state index is 12.1. The quantitative estimate of drug-likeness (QED) is 0.810. The highest BCUT2D eigenvalue weighted by atomic mass is 35.5. The molecular formula is C14H18ClN3O2. The van der Waals surface area contributed by atoms with Crippen molar-refractivity contribution in [3.63, 3.8) is 0 Å². The van der Waals surface area contributed by atoms with E-state index in [-0.39, 0.29) is 0 Å². The first-order valence-corrected chi connectivity index (χ1v) is 6.95. The van der Waals surface area contributed by atoms with Crippen molar-refractivity contribution in [3.05, 3.63) is 23.2 Å². The molecule has 1 aromatic carbocycles. The Morgan fingerprint density at radius 2 is 2.20 bits per heavy atom. The predicted molar refractivity (Wildman–Crippen MR) is 80.7 cm³/mol. The number of hydrogen-bond acceptors (Lipinski definition) is 4. The highest BCUT2D eigenvalue weighted by molar-refractivity contribution is 6.31. The third-order valence-corrected chi connectivity index (χ3v) is 3.18. The molecule has 108 valence electrons. The predicted octanol–water partition coefficient (Wildman–Crippen LogP) is 3.54. The molecule has 0 N–H and O–H groups in total. The number of benzene rings is 1. The lowest BCUT2D eigenvalue weighted by molar-refractivity contribution is 0.144. The van der Waals surface area contributed by atoms with E-state index in [0.717, 1.165) is 18.2 Å². The van der Waals surface area contributed by atoms with Gasteiger partial charge in [0.25, 0.3) is 0 Å². The molecule has 0 fully saturated rings. The molecule has 1 aromatic heterocycles. The Labute approximate surface area is 123 Å². The minimum Gasteiger partial charge on any atom is -0.448 e. The molecule has 0 aliphatic rings. The number of halogens is 1. The number of anilines is 1. The van der Waals surface area contributed by atoms with E-state index in [0.29, 0.717) is 23.0 Å². The fourth-order valence-electron chi connectivity index (χ4n) is 1.91. The third-order valence-electron chi connectivity index (χ3n) is 2.94. The van der Waals surface area contributed by atoms with Crippen LogP contribution in [0, 0.1) is 0 Å². The molecule has 0 spiro atoms. The summed E-state index contributed by atoms with van der Waals surface area (Å²) in [6.07, 6.45) is 1.34. The minimum atomic E-state index is -0.473. The molecule has 0 amide bonds. The van der Waals surface area contributed by atoms with Crippen LogP contribution in [-0.2, 0) is 4.74 Å². The first-order chi connectivity index (χ1) is 9.54. The molecule has 0 saturated heterocycles. The van der Waals surface area contributed by atoms with Crippen LogP contribution < -0.4 is 4.90 Å². The van der Waals surface area contributed by atoms with E-state index in [4.69, 9.17) is 16.3 Å². The standard InChI is InChI=1S/C14H18ClN3O2/c1-4-5-8-20-14(19)18-12-9-10(15)6-7-11(12)13(16-18)17(2)3/h6-7,9H,4-5,8H2,1-3H3. The molecule has 2 rings (SSSR count). The smallest absolute Gasteiger partial charge is 0.435 e. The summed E-state index contributed by atoms with van der Waals surface area (Å²) < 4.78 is 6.48. The van der Waals surface area contributed by atoms with E-state index < -0.39 is 6.09 Å². The van der Waals surface area contributed by atoms with Crippen LogP contribution in [0.25, 0.3) is 10.9 Å². The van der Waals surface area contributed by atoms with Gasteiger partial charge in [0.2, 0.25) is 0 Å². The fraction of sp³-hybridized carbons (Fsp3) is 0.429. The van der Waals surface area contributed by atoms with Crippen LogP contribution in [0.5, 0.6) is 0 Å². The molecule has 0 bridgehead atoms. The number of nitrogens with zero attached hydrogens (tertiary/aromatic N) is 3. The summed E-state index contributed by atoms with van der Waals surface area (Å²) in [6, 6.07) is 5.36. The highest BCUT2D eigenvalue weighted by Gasteiger charge is 2.18. The summed E-state index contributed by atoms with van der Waals surface area (Å²) in [4.78, 5) is 14.0. The Kier molecular flexibility index (Phi) is 4.49. The van der Waals surface area contributed by atoms with Gasteiger partial charge in [-0.05, 0) is 24.6 Å².